The molecule has 1 aliphatic carbocycles. The molecule has 0 atom stereocenters. The van der Waals surface area contributed by atoms with Crippen LogP contribution < -0.4 is 10.4 Å². The van der Waals surface area contributed by atoms with E-state index in [9.17, 15) is 5.11 Å². The Labute approximate surface area is 132 Å². The van der Waals surface area contributed by atoms with Gasteiger partial charge in [-0.1, -0.05) is 0 Å². The van der Waals surface area contributed by atoms with E-state index in [1.54, 1.807) is 12.4 Å². The third-order valence-corrected chi connectivity index (χ3v) is 4.77. The second-order valence-corrected chi connectivity index (χ2v) is 7.05. The fourth-order valence-electron chi connectivity index (χ4n) is 2.52. The van der Waals surface area contributed by atoms with Crippen LogP contribution in [0.25, 0.3) is 0 Å². The lowest BCUT2D eigenvalue weighted by Gasteiger charge is -2.32. The monoisotopic (exact) mass is 305 g/mol. The van der Waals surface area contributed by atoms with Crippen molar-refractivity contribution in [2.45, 2.75) is 57.8 Å². The predicted molar refractivity (Wildman–Crippen MR) is 85.2 cm³/mol. The number of anilines is 1. The quantitative estimate of drug-likeness (QED) is 0.809. The number of aromatic nitrogens is 2. The summed E-state index contributed by atoms with van der Waals surface area (Å²) in [6, 6.07) is 0.467. The molecular formula is C15H24BN3O3. The van der Waals surface area contributed by atoms with Gasteiger partial charge in [0.25, 0.3) is 0 Å². The van der Waals surface area contributed by atoms with Crippen molar-refractivity contribution < 1.29 is 14.4 Å². The Kier molecular flexibility index (Phi) is 3.91. The van der Waals surface area contributed by atoms with Crippen molar-refractivity contribution in [1.29, 1.82) is 0 Å². The third-order valence-electron chi connectivity index (χ3n) is 4.77. The fraction of sp³-hybridized carbons (Fsp3) is 0.733. The summed E-state index contributed by atoms with van der Waals surface area (Å²) in [6.07, 6.45) is 5.80. The first-order chi connectivity index (χ1) is 10.3. The van der Waals surface area contributed by atoms with E-state index in [1.165, 1.54) is 0 Å². The Bertz CT molecular complexity index is 515. The molecule has 1 saturated carbocycles. The second-order valence-electron chi connectivity index (χ2n) is 7.05. The number of hydrogen-bond acceptors (Lipinski definition) is 6. The van der Waals surface area contributed by atoms with Gasteiger partial charge in [0.1, 0.15) is 0 Å². The topological polar surface area (TPSA) is 67.7 Å². The minimum absolute atomic E-state index is 0.110. The van der Waals surface area contributed by atoms with Gasteiger partial charge in [-0.2, -0.15) is 0 Å². The number of rotatable bonds is 5. The summed E-state index contributed by atoms with van der Waals surface area (Å²) in [5.74, 6) is 0.664. The van der Waals surface area contributed by atoms with Gasteiger partial charge in [-0.05, 0) is 40.5 Å². The van der Waals surface area contributed by atoms with Gasteiger partial charge in [0.2, 0.25) is 5.95 Å². The molecule has 0 radical (unpaired) electrons. The average Bonchev–Trinajstić information content (AvgIpc) is 3.25. The van der Waals surface area contributed by atoms with Crippen LogP contribution in [0.1, 0.15) is 40.5 Å². The van der Waals surface area contributed by atoms with Crippen LogP contribution in [0.5, 0.6) is 0 Å². The van der Waals surface area contributed by atoms with Crippen molar-refractivity contribution >= 4 is 18.5 Å². The lowest BCUT2D eigenvalue weighted by Crippen LogP contribution is -2.41. The highest BCUT2D eigenvalue weighted by Crippen LogP contribution is 2.36. The maximum atomic E-state index is 9.18. The van der Waals surface area contributed by atoms with Gasteiger partial charge >= 0.3 is 7.12 Å². The normalized spacial score (nSPS) is 22.9. The molecule has 2 heterocycles. The van der Waals surface area contributed by atoms with Crippen molar-refractivity contribution in [3.05, 3.63) is 12.4 Å². The van der Waals surface area contributed by atoms with Gasteiger partial charge in [0, 0.05) is 30.4 Å². The van der Waals surface area contributed by atoms with Crippen LogP contribution in [0.15, 0.2) is 12.4 Å². The summed E-state index contributed by atoms with van der Waals surface area (Å²) in [5.41, 5.74) is 0.0859. The number of hydrogen-bond donors (Lipinski definition) is 1. The van der Waals surface area contributed by atoms with Crippen LogP contribution in [-0.4, -0.2) is 52.6 Å². The highest BCUT2D eigenvalue weighted by molar-refractivity contribution is 6.61. The second kappa shape index (κ2) is 5.47. The molecule has 3 rings (SSSR count). The zero-order valence-electron chi connectivity index (χ0n) is 13.7. The van der Waals surface area contributed by atoms with Crippen molar-refractivity contribution in [3.63, 3.8) is 0 Å². The molecule has 1 N–H and O–H groups in total. The van der Waals surface area contributed by atoms with Gasteiger partial charge in [-0.3, -0.25) is 0 Å². The maximum absolute atomic E-state index is 9.18. The highest BCUT2D eigenvalue weighted by atomic mass is 16.7. The Morgan fingerprint density at radius 1 is 1.18 bits per heavy atom. The van der Waals surface area contributed by atoms with E-state index in [0.29, 0.717) is 18.5 Å². The molecular weight excluding hydrogens is 281 g/mol. The van der Waals surface area contributed by atoms with Crippen molar-refractivity contribution in [1.82, 2.24) is 9.97 Å². The van der Waals surface area contributed by atoms with Crippen LogP contribution in [0.4, 0.5) is 5.95 Å². The van der Waals surface area contributed by atoms with Crippen LogP contribution in [0.3, 0.4) is 0 Å². The molecule has 1 saturated heterocycles. The van der Waals surface area contributed by atoms with Crippen molar-refractivity contribution in [2.24, 2.45) is 0 Å². The molecule has 22 heavy (non-hydrogen) atoms. The number of aliphatic hydroxyl groups is 1. The van der Waals surface area contributed by atoms with E-state index in [4.69, 9.17) is 9.31 Å². The van der Waals surface area contributed by atoms with Crippen LogP contribution in [0.2, 0.25) is 0 Å². The summed E-state index contributed by atoms with van der Waals surface area (Å²) >= 11 is 0. The van der Waals surface area contributed by atoms with Gasteiger partial charge < -0.3 is 19.3 Å². The molecule has 0 amide bonds. The molecule has 7 heteroatoms. The van der Waals surface area contributed by atoms with Crippen molar-refractivity contribution in [3.8, 4) is 0 Å². The Balaban J connectivity index is 1.75. The Morgan fingerprint density at radius 2 is 1.73 bits per heavy atom. The Morgan fingerprint density at radius 3 is 2.18 bits per heavy atom. The zero-order chi connectivity index (χ0) is 16.0. The highest BCUT2D eigenvalue weighted by Gasteiger charge is 2.52. The van der Waals surface area contributed by atoms with E-state index < -0.39 is 7.12 Å². The van der Waals surface area contributed by atoms with E-state index >= 15 is 0 Å². The van der Waals surface area contributed by atoms with Crippen molar-refractivity contribution in [2.75, 3.05) is 18.1 Å². The zero-order valence-corrected chi connectivity index (χ0v) is 13.7. The summed E-state index contributed by atoms with van der Waals surface area (Å²) in [5, 5.41) is 9.18. The van der Waals surface area contributed by atoms with Gasteiger partial charge in [0.05, 0.1) is 17.8 Å². The van der Waals surface area contributed by atoms with Crippen LogP contribution in [-0.2, 0) is 9.31 Å². The third kappa shape index (κ3) is 2.85. The SMILES string of the molecule is CC1(C)OB(c2cnc(N(CCO)C3CC3)nc2)OC1(C)C. The van der Waals surface area contributed by atoms with E-state index in [-0.39, 0.29) is 17.8 Å². The summed E-state index contributed by atoms with van der Waals surface area (Å²) in [6.45, 7) is 8.78. The lowest BCUT2D eigenvalue weighted by molar-refractivity contribution is 0.00578. The fourth-order valence-corrected chi connectivity index (χ4v) is 2.52. The van der Waals surface area contributed by atoms with Gasteiger partial charge in [-0.25, -0.2) is 9.97 Å². The molecule has 1 aromatic heterocycles. The lowest BCUT2D eigenvalue weighted by atomic mass is 9.81. The maximum Gasteiger partial charge on any atom is 0.498 e. The van der Waals surface area contributed by atoms with Gasteiger partial charge in [0.15, 0.2) is 0 Å². The summed E-state index contributed by atoms with van der Waals surface area (Å²) in [4.78, 5) is 10.9. The number of aliphatic hydroxyl groups excluding tert-OH is 1. The summed E-state index contributed by atoms with van der Waals surface area (Å²) < 4.78 is 12.0. The van der Waals surface area contributed by atoms with Gasteiger partial charge in [-0.15, -0.1) is 0 Å². The first-order valence-corrected chi connectivity index (χ1v) is 7.89. The van der Waals surface area contributed by atoms with E-state index in [0.717, 1.165) is 18.3 Å². The molecule has 0 aromatic carbocycles. The molecule has 1 aliphatic heterocycles. The molecule has 0 spiro atoms. The minimum Gasteiger partial charge on any atom is -0.399 e. The Hall–Kier alpha value is -1.18. The smallest absolute Gasteiger partial charge is 0.399 e. The molecule has 0 bridgehead atoms. The van der Waals surface area contributed by atoms with Crippen LogP contribution in [0, 0.1) is 0 Å². The first-order valence-electron chi connectivity index (χ1n) is 7.89. The van der Waals surface area contributed by atoms with E-state index in [1.807, 2.05) is 27.7 Å². The van der Waals surface area contributed by atoms with E-state index in [2.05, 4.69) is 14.9 Å². The molecule has 2 fully saturated rings. The predicted octanol–water partition coefficient (Wildman–Crippen LogP) is 0.737. The average molecular weight is 305 g/mol. The molecule has 0 unspecified atom stereocenters. The van der Waals surface area contributed by atoms with Crippen LogP contribution >= 0.6 is 0 Å². The minimum atomic E-state index is -0.439. The molecule has 6 nitrogen and oxygen atoms in total. The number of nitrogens with zero attached hydrogens (tertiary/aromatic N) is 3. The first kappa shape index (κ1) is 15.7. The molecule has 2 aliphatic rings. The largest absolute Gasteiger partial charge is 0.498 e. The molecule has 120 valence electrons. The summed E-state index contributed by atoms with van der Waals surface area (Å²) in [7, 11) is -0.439. The standard InChI is InChI=1S/C15H24BN3O3/c1-14(2)15(3,4)22-16(21-14)11-9-17-13(18-10-11)19(7-8-20)12-5-6-12/h9-10,12,20H,5-8H2,1-4H3. The molecule has 1 aromatic rings.